The second-order valence-electron chi connectivity index (χ2n) is 6.10. The third-order valence-electron chi connectivity index (χ3n) is 4.33. The fourth-order valence-electron chi connectivity index (χ4n) is 3.10. The molecule has 4 nitrogen and oxygen atoms in total. The Labute approximate surface area is 136 Å². The van der Waals surface area contributed by atoms with E-state index in [1.807, 2.05) is 24.7 Å². The summed E-state index contributed by atoms with van der Waals surface area (Å²) in [5.74, 6) is -0.191. The minimum Gasteiger partial charge on any atom is -0.377 e. The SMILES string of the molecule is CCn1cncc1CN(Cc1ccc(F)cc1)C[C@H]1CCCO1. The quantitative estimate of drug-likeness (QED) is 0.785. The fourth-order valence-corrected chi connectivity index (χ4v) is 3.10. The van der Waals surface area contributed by atoms with Crippen molar-refractivity contribution in [3.8, 4) is 0 Å². The smallest absolute Gasteiger partial charge is 0.123 e. The predicted octanol–water partition coefficient (Wildman–Crippen LogP) is 3.22. The lowest BCUT2D eigenvalue weighted by atomic mass is 10.1. The molecule has 1 fully saturated rings. The number of benzene rings is 1. The van der Waals surface area contributed by atoms with Crippen molar-refractivity contribution < 1.29 is 9.13 Å². The molecule has 1 aromatic carbocycles. The summed E-state index contributed by atoms with van der Waals surface area (Å²) in [5, 5.41) is 0. The number of hydrogen-bond acceptors (Lipinski definition) is 3. The van der Waals surface area contributed by atoms with E-state index in [2.05, 4.69) is 21.4 Å². The second kappa shape index (κ2) is 7.70. The number of ether oxygens (including phenoxy) is 1. The minimum absolute atomic E-state index is 0.191. The minimum atomic E-state index is -0.191. The van der Waals surface area contributed by atoms with Gasteiger partial charge in [0.15, 0.2) is 0 Å². The van der Waals surface area contributed by atoms with Crippen molar-refractivity contribution in [2.45, 2.75) is 45.5 Å². The standard InChI is InChI=1S/C18H24FN3O/c1-2-22-14-20-10-17(22)12-21(13-18-4-3-9-23-18)11-15-5-7-16(19)8-6-15/h5-8,10,14,18H,2-4,9,11-13H2,1H3/t18-/m1/s1. The van der Waals surface area contributed by atoms with E-state index in [9.17, 15) is 4.39 Å². The van der Waals surface area contributed by atoms with Gasteiger partial charge >= 0.3 is 0 Å². The first kappa shape index (κ1) is 16.1. The van der Waals surface area contributed by atoms with Gasteiger partial charge < -0.3 is 9.30 Å². The van der Waals surface area contributed by atoms with Crippen LogP contribution in [0.1, 0.15) is 31.0 Å². The molecule has 0 radical (unpaired) electrons. The summed E-state index contributed by atoms with van der Waals surface area (Å²) in [6, 6.07) is 6.76. The molecule has 5 heteroatoms. The average molecular weight is 317 g/mol. The van der Waals surface area contributed by atoms with E-state index in [1.54, 1.807) is 0 Å². The molecule has 0 aliphatic carbocycles. The van der Waals surface area contributed by atoms with E-state index in [1.165, 1.54) is 17.8 Å². The highest BCUT2D eigenvalue weighted by molar-refractivity contribution is 5.16. The molecule has 124 valence electrons. The largest absolute Gasteiger partial charge is 0.377 e. The lowest BCUT2D eigenvalue weighted by molar-refractivity contribution is 0.0671. The Hall–Kier alpha value is -1.72. The van der Waals surface area contributed by atoms with Crippen molar-refractivity contribution in [2.24, 2.45) is 0 Å². The molecule has 0 bridgehead atoms. The summed E-state index contributed by atoms with van der Waals surface area (Å²) in [4.78, 5) is 6.62. The number of halogens is 1. The zero-order valence-electron chi connectivity index (χ0n) is 13.6. The third-order valence-corrected chi connectivity index (χ3v) is 4.33. The van der Waals surface area contributed by atoms with Crippen LogP contribution in [0.5, 0.6) is 0 Å². The topological polar surface area (TPSA) is 30.3 Å². The van der Waals surface area contributed by atoms with E-state index in [0.29, 0.717) is 6.10 Å². The predicted molar refractivity (Wildman–Crippen MR) is 87.4 cm³/mol. The van der Waals surface area contributed by atoms with Crippen molar-refractivity contribution in [2.75, 3.05) is 13.2 Å². The molecule has 1 aromatic heterocycles. The summed E-state index contributed by atoms with van der Waals surface area (Å²) in [5.41, 5.74) is 2.32. The molecule has 23 heavy (non-hydrogen) atoms. The summed E-state index contributed by atoms with van der Waals surface area (Å²) >= 11 is 0. The summed E-state index contributed by atoms with van der Waals surface area (Å²) < 4.78 is 21.1. The molecule has 1 aliphatic heterocycles. The monoisotopic (exact) mass is 317 g/mol. The first-order chi connectivity index (χ1) is 11.2. The first-order valence-electron chi connectivity index (χ1n) is 8.32. The Morgan fingerprint density at radius 3 is 2.83 bits per heavy atom. The normalized spacial score (nSPS) is 18.0. The van der Waals surface area contributed by atoms with Gasteiger partial charge in [0.1, 0.15) is 5.82 Å². The Balaban J connectivity index is 1.71. The van der Waals surface area contributed by atoms with Crippen molar-refractivity contribution in [1.82, 2.24) is 14.5 Å². The zero-order valence-corrected chi connectivity index (χ0v) is 13.6. The highest BCUT2D eigenvalue weighted by Gasteiger charge is 2.20. The van der Waals surface area contributed by atoms with Gasteiger partial charge in [-0.3, -0.25) is 4.90 Å². The van der Waals surface area contributed by atoms with Gasteiger partial charge in [0.2, 0.25) is 0 Å². The van der Waals surface area contributed by atoms with Gasteiger partial charge in [-0.1, -0.05) is 12.1 Å². The summed E-state index contributed by atoms with van der Waals surface area (Å²) in [6.45, 7) is 6.41. The number of nitrogens with zero attached hydrogens (tertiary/aromatic N) is 3. The van der Waals surface area contributed by atoms with E-state index in [-0.39, 0.29) is 5.82 Å². The van der Waals surface area contributed by atoms with Gasteiger partial charge in [0.25, 0.3) is 0 Å². The first-order valence-corrected chi connectivity index (χ1v) is 8.32. The van der Waals surface area contributed by atoms with Crippen molar-refractivity contribution >= 4 is 0 Å². The summed E-state index contributed by atoms with van der Waals surface area (Å²) in [7, 11) is 0. The molecular formula is C18H24FN3O. The molecule has 0 unspecified atom stereocenters. The number of aromatic nitrogens is 2. The molecule has 1 atom stereocenters. The molecule has 1 aliphatic rings. The van der Waals surface area contributed by atoms with E-state index < -0.39 is 0 Å². The number of rotatable bonds is 7. The zero-order chi connectivity index (χ0) is 16.1. The number of hydrogen-bond donors (Lipinski definition) is 0. The maximum absolute atomic E-state index is 13.1. The maximum Gasteiger partial charge on any atom is 0.123 e. The van der Waals surface area contributed by atoms with E-state index >= 15 is 0 Å². The second-order valence-corrected chi connectivity index (χ2v) is 6.10. The van der Waals surface area contributed by atoms with Gasteiger partial charge in [-0.15, -0.1) is 0 Å². The van der Waals surface area contributed by atoms with Gasteiger partial charge in [-0.2, -0.15) is 0 Å². The van der Waals surface area contributed by atoms with Gasteiger partial charge in [-0.05, 0) is 37.5 Å². The molecule has 0 N–H and O–H groups in total. The van der Waals surface area contributed by atoms with Gasteiger partial charge in [-0.25, -0.2) is 9.37 Å². The van der Waals surface area contributed by atoms with Crippen molar-refractivity contribution in [1.29, 1.82) is 0 Å². The molecule has 0 spiro atoms. The molecule has 2 heterocycles. The van der Waals surface area contributed by atoms with Crippen LogP contribution < -0.4 is 0 Å². The Morgan fingerprint density at radius 2 is 2.13 bits per heavy atom. The van der Waals surface area contributed by atoms with Crippen molar-refractivity contribution in [3.63, 3.8) is 0 Å². The summed E-state index contributed by atoms with van der Waals surface area (Å²) in [6.07, 6.45) is 6.36. The molecule has 0 amide bonds. The Morgan fingerprint density at radius 1 is 1.30 bits per heavy atom. The van der Waals surface area contributed by atoms with Crippen LogP contribution in [0, 0.1) is 5.82 Å². The van der Waals surface area contributed by atoms with E-state index in [0.717, 1.165) is 51.2 Å². The lowest BCUT2D eigenvalue weighted by Crippen LogP contribution is -2.32. The molecule has 3 rings (SSSR count). The average Bonchev–Trinajstić information content (AvgIpc) is 3.21. The van der Waals surface area contributed by atoms with Gasteiger partial charge in [0, 0.05) is 39.0 Å². The van der Waals surface area contributed by atoms with Crippen LogP contribution in [0.25, 0.3) is 0 Å². The van der Waals surface area contributed by atoms with Crippen LogP contribution in [0.4, 0.5) is 4.39 Å². The van der Waals surface area contributed by atoms with E-state index in [4.69, 9.17) is 4.74 Å². The van der Waals surface area contributed by atoms with Gasteiger partial charge in [0.05, 0.1) is 18.1 Å². The molecule has 2 aromatic rings. The van der Waals surface area contributed by atoms with Crippen LogP contribution in [0.2, 0.25) is 0 Å². The Kier molecular flexibility index (Phi) is 5.41. The third kappa shape index (κ3) is 4.39. The van der Waals surface area contributed by atoms with Crippen LogP contribution in [0.3, 0.4) is 0 Å². The van der Waals surface area contributed by atoms with Crippen molar-refractivity contribution in [3.05, 3.63) is 53.9 Å². The maximum atomic E-state index is 13.1. The van der Waals surface area contributed by atoms with Crippen LogP contribution >= 0.6 is 0 Å². The number of imidazole rings is 1. The van der Waals surface area contributed by atoms with Crippen LogP contribution in [-0.2, 0) is 24.4 Å². The number of aryl methyl sites for hydroxylation is 1. The highest BCUT2D eigenvalue weighted by atomic mass is 19.1. The molecule has 0 saturated carbocycles. The lowest BCUT2D eigenvalue weighted by Gasteiger charge is -2.25. The molecular weight excluding hydrogens is 293 g/mol. The Bertz CT molecular complexity index is 605. The fraction of sp³-hybridized carbons (Fsp3) is 0.500. The van der Waals surface area contributed by atoms with Crippen LogP contribution in [-0.4, -0.2) is 33.7 Å². The highest BCUT2D eigenvalue weighted by Crippen LogP contribution is 2.17. The van der Waals surface area contributed by atoms with Crippen LogP contribution in [0.15, 0.2) is 36.8 Å². The molecule has 1 saturated heterocycles.